The van der Waals surface area contributed by atoms with E-state index in [-0.39, 0.29) is 36.4 Å². The van der Waals surface area contributed by atoms with Gasteiger partial charge in [-0.15, -0.1) is 24.0 Å². The molecule has 0 bridgehead atoms. The summed E-state index contributed by atoms with van der Waals surface area (Å²) in [5.41, 5.74) is 1.02. The quantitative estimate of drug-likeness (QED) is 0.209. The minimum atomic E-state index is -0.111. The van der Waals surface area contributed by atoms with Gasteiger partial charge in [-0.3, -0.25) is 4.79 Å². The first-order valence-electron chi connectivity index (χ1n) is 9.59. The van der Waals surface area contributed by atoms with Crippen LogP contribution in [-0.2, 0) is 16.1 Å². The van der Waals surface area contributed by atoms with Crippen molar-refractivity contribution in [2.75, 3.05) is 47.0 Å². The molecule has 0 radical (unpaired) electrons. The van der Waals surface area contributed by atoms with E-state index in [1.54, 1.807) is 7.11 Å². The molecule has 0 atom stereocenters. The minimum Gasteiger partial charge on any atom is -0.497 e. The maximum Gasteiger partial charge on any atom is 0.242 e. The van der Waals surface area contributed by atoms with Gasteiger partial charge in [-0.2, -0.15) is 0 Å². The van der Waals surface area contributed by atoms with Crippen LogP contribution >= 0.6 is 24.0 Å². The van der Waals surface area contributed by atoms with Crippen LogP contribution in [0, 0.1) is 5.92 Å². The second-order valence-corrected chi connectivity index (χ2v) is 6.73. The Kier molecular flexibility index (Phi) is 11.9. The number of hydrogen-bond donors (Lipinski definition) is 2. The molecule has 0 spiro atoms. The summed E-state index contributed by atoms with van der Waals surface area (Å²) in [5.74, 6) is 2.17. The lowest BCUT2D eigenvalue weighted by molar-refractivity contribution is -0.119. The highest BCUT2D eigenvalue weighted by Gasteiger charge is 2.21. The minimum absolute atomic E-state index is 0. The molecule has 28 heavy (non-hydrogen) atoms. The molecule has 2 rings (SSSR count). The Morgan fingerprint density at radius 1 is 1.25 bits per heavy atom. The third kappa shape index (κ3) is 9.59. The van der Waals surface area contributed by atoms with E-state index in [0.29, 0.717) is 19.1 Å². The van der Waals surface area contributed by atoms with Gasteiger partial charge in [0.2, 0.25) is 5.91 Å². The number of amides is 1. The number of halogens is 1. The number of aliphatic imine (C=N–C) groups is 1. The Balaban J connectivity index is 0.00000392. The van der Waals surface area contributed by atoms with Crippen molar-refractivity contribution in [3.8, 4) is 5.75 Å². The summed E-state index contributed by atoms with van der Waals surface area (Å²) < 4.78 is 10.8. The molecular weight excluding hydrogens is 471 g/mol. The van der Waals surface area contributed by atoms with E-state index in [2.05, 4.69) is 15.6 Å². The molecule has 1 aliphatic rings. The van der Waals surface area contributed by atoms with Gasteiger partial charge in [-0.25, -0.2) is 4.99 Å². The molecule has 158 valence electrons. The number of carbonyl (C=O) groups excluding carboxylic acids is 1. The molecule has 1 saturated carbocycles. The van der Waals surface area contributed by atoms with Crippen molar-refractivity contribution in [3.05, 3.63) is 29.8 Å². The molecule has 1 aromatic rings. The fourth-order valence-corrected chi connectivity index (χ4v) is 2.46. The second-order valence-electron chi connectivity index (χ2n) is 6.73. The smallest absolute Gasteiger partial charge is 0.242 e. The predicted molar refractivity (Wildman–Crippen MR) is 122 cm³/mol. The lowest BCUT2D eigenvalue weighted by atomic mass is 10.2. The van der Waals surface area contributed by atoms with Gasteiger partial charge >= 0.3 is 0 Å². The molecule has 0 heterocycles. The van der Waals surface area contributed by atoms with E-state index in [9.17, 15) is 4.79 Å². The highest BCUT2D eigenvalue weighted by molar-refractivity contribution is 14.0. The fraction of sp³-hybridized carbons (Fsp3) is 0.600. The molecular formula is C20H33IN4O3. The number of ether oxygens (including phenoxy) is 2. The van der Waals surface area contributed by atoms with Gasteiger partial charge in [0.25, 0.3) is 0 Å². The summed E-state index contributed by atoms with van der Waals surface area (Å²) in [6.45, 7) is 5.59. The Bertz CT molecular complexity index is 606. The molecule has 1 aromatic carbocycles. The zero-order chi connectivity index (χ0) is 19.5. The summed E-state index contributed by atoms with van der Waals surface area (Å²) >= 11 is 0. The Labute approximate surface area is 185 Å². The van der Waals surface area contributed by atoms with Gasteiger partial charge < -0.3 is 25.0 Å². The number of guanidine groups is 1. The first-order chi connectivity index (χ1) is 13.1. The van der Waals surface area contributed by atoms with E-state index in [1.165, 1.54) is 12.8 Å². The fourth-order valence-electron chi connectivity index (χ4n) is 2.46. The number of hydrogen-bond acceptors (Lipinski definition) is 4. The van der Waals surface area contributed by atoms with Crippen molar-refractivity contribution in [2.45, 2.75) is 26.3 Å². The van der Waals surface area contributed by atoms with Crippen LogP contribution < -0.4 is 15.4 Å². The van der Waals surface area contributed by atoms with Crippen LogP contribution in [0.1, 0.15) is 25.3 Å². The van der Waals surface area contributed by atoms with E-state index < -0.39 is 0 Å². The van der Waals surface area contributed by atoms with Crippen LogP contribution in [0.2, 0.25) is 0 Å². The molecule has 2 N–H and O–H groups in total. The number of rotatable bonds is 11. The van der Waals surface area contributed by atoms with Gasteiger partial charge in [0.1, 0.15) is 12.3 Å². The lowest BCUT2D eigenvalue weighted by Gasteiger charge is -2.22. The van der Waals surface area contributed by atoms with Crippen molar-refractivity contribution < 1.29 is 14.3 Å². The SMILES string of the molecule is CCNC(=NCC(=O)NCc1ccc(OC)cc1)N(C)CCOCC1CC1.I. The summed E-state index contributed by atoms with van der Waals surface area (Å²) in [4.78, 5) is 18.5. The maximum atomic E-state index is 12.1. The summed E-state index contributed by atoms with van der Waals surface area (Å²) in [6, 6.07) is 7.62. The monoisotopic (exact) mass is 504 g/mol. The highest BCUT2D eigenvalue weighted by Crippen LogP contribution is 2.28. The molecule has 0 saturated heterocycles. The van der Waals surface area contributed by atoms with E-state index in [1.807, 2.05) is 43.1 Å². The summed E-state index contributed by atoms with van der Waals surface area (Å²) in [5, 5.41) is 6.10. The topological polar surface area (TPSA) is 75.2 Å². The van der Waals surface area contributed by atoms with Crippen LogP contribution in [0.25, 0.3) is 0 Å². The Morgan fingerprint density at radius 3 is 2.57 bits per heavy atom. The third-order valence-corrected chi connectivity index (χ3v) is 4.34. The second kappa shape index (κ2) is 13.6. The molecule has 7 nitrogen and oxygen atoms in total. The number of likely N-dealkylation sites (N-methyl/N-ethyl adjacent to an activating group) is 1. The first kappa shape index (κ1) is 24.5. The number of nitrogens with zero attached hydrogens (tertiary/aromatic N) is 2. The van der Waals surface area contributed by atoms with Crippen molar-refractivity contribution in [1.29, 1.82) is 0 Å². The van der Waals surface area contributed by atoms with Crippen molar-refractivity contribution in [1.82, 2.24) is 15.5 Å². The molecule has 8 heteroatoms. The molecule has 1 fully saturated rings. The Morgan fingerprint density at radius 2 is 1.96 bits per heavy atom. The van der Waals surface area contributed by atoms with Crippen LogP contribution in [0.5, 0.6) is 5.75 Å². The normalized spacial score (nSPS) is 13.5. The van der Waals surface area contributed by atoms with Crippen molar-refractivity contribution >= 4 is 35.8 Å². The van der Waals surface area contributed by atoms with Crippen LogP contribution in [0.3, 0.4) is 0 Å². The van der Waals surface area contributed by atoms with Gasteiger partial charge in [0, 0.05) is 33.3 Å². The maximum absolute atomic E-state index is 12.1. The first-order valence-corrected chi connectivity index (χ1v) is 9.59. The highest BCUT2D eigenvalue weighted by atomic mass is 127. The van der Waals surface area contributed by atoms with Gasteiger partial charge in [-0.05, 0) is 43.4 Å². The average Bonchev–Trinajstić information content (AvgIpc) is 3.51. The van der Waals surface area contributed by atoms with Crippen LogP contribution in [0.4, 0.5) is 0 Å². The predicted octanol–water partition coefficient (Wildman–Crippen LogP) is 2.25. The zero-order valence-corrected chi connectivity index (χ0v) is 19.4. The molecule has 0 unspecified atom stereocenters. The largest absolute Gasteiger partial charge is 0.497 e. The molecule has 0 aromatic heterocycles. The number of carbonyl (C=O) groups is 1. The van der Waals surface area contributed by atoms with Crippen molar-refractivity contribution in [3.63, 3.8) is 0 Å². The van der Waals surface area contributed by atoms with Gasteiger partial charge in [0.15, 0.2) is 5.96 Å². The number of nitrogens with one attached hydrogen (secondary N) is 2. The molecule has 1 amide bonds. The summed E-state index contributed by atoms with van der Waals surface area (Å²) in [6.07, 6.45) is 2.59. The number of methoxy groups -OCH3 is 1. The average molecular weight is 504 g/mol. The van der Waals surface area contributed by atoms with E-state index >= 15 is 0 Å². The van der Waals surface area contributed by atoms with Gasteiger partial charge in [-0.1, -0.05) is 12.1 Å². The third-order valence-electron chi connectivity index (χ3n) is 4.34. The Hall–Kier alpha value is -1.55. The molecule has 1 aliphatic carbocycles. The number of benzene rings is 1. The van der Waals surface area contributed by atoms with Crippen LogP contribution in [-0.4, -0.2) is 63.8 Å². The van der Waals surface area contributed by atoms with Gasteiger partial charge in [0.05, 0.1) is 13.7 Å². The molecule has 0 aliphatic heterocycles. The zero-order valence-electron chi connectivity index (χ0n) is 17.1. The van der Waals surface area contributed by atoms with E-state index in [0.717, 1.165) is 36.9 Å². The lowest BCUT2D eigenvalue weighted by Crippen LogP contribution is -2.41. The van der Waals surface area contributed by atoms with Crippen LogP contribution in [0.15, 0.2) is 29.3 Å². The van der Waals surface area contributed by atoms with E-state index in [4.69, 9.17) is 9.47 Å². The van der Waals surface area contributed by atoms with Crippen molar-refractivity contribution in [2.24, 2.45) is 10.9 Å². The standard InChI is InChI=1S/C20H32N4O3.HI/c1-4-21-20(24(2)11-12-27-15-17-5-6-17)23-14-19(25)22-13-16-7-9-18(26-3)10-8-16;/h7-10,17H,4-6,11-15H2,1-3H3,(H,21,23)(H,22,25);1H. The summed E-state index contributed by atoms with van der Waals surface area (Å²) in [7, 11) is 3.59.